The molecule has 1 aliphatic heterocycles. The largest absolute Gasteiger partial charge is 0.274 e. The Hall–Kier alpha value is -0.870. The molecule has 0 bridgehead atoms. The third kappa shape index (κ3) is 1.93. The molecule has 2 aliphatic rings. The molecule has 19 heavy (non-hydrogen) atoms. The van der Waals surface area contributed by atoms with Gasteiger partial charge in [0.05, 0.1) is 27.0 Å². The Balaban J connectivity index is 2.01. The van der Waals surface area contributed by atoms with Gasteiger partial charge in [-0.3, -0.25) is 9.59 Å². The fourth-order valence-electron chi connectivity index (χ4n) is 3.18. The molecule has 2 amide bonds. The zero-order valence-corrected chi connectivity index (χ0v) is 12.7. The van der Waals surface area contributed by atoms with Gasteiger partial charge in [-0.15, -0.1) is 0 Å². The first-order valence-corrected chi connectivity index (χ1v) is 7.49. The highest BCUT2D eigenvalue weighted by atomic mass is 79.9. The summed E-state index contributed by atoms with van der Waals surface area (Å²) in [5.74, 6) is -0.000696. The van der Waals surface area contributed by atoms with Crippen molar-refractivity contribution in [2.75, 3.05) is 4.90 Å². The molecule has 1 saturated heterocycles. The predicted molar refractivity (Wildman–Crippen MR) is 77.0 cm³/mol. The quantitative estimate of drug-likeness (QED) is 0.731. The molecular weight excluding hydrogens is 330 g/mol. The lowest BCUT2D eigenvalue weighted by Crippen LogP contribution is -2.32. The van der Waals surface area contributed by atoms with E-state index < -0.39 is 0 Å². The molecule has 1 aromatic rings. The highest BCUT2D eigenvalue weighted by Crippen LogP contribution is 2.46. The van der Waals surface area contributed by atoms with Crippen LogP contribution in [0.2, 0.25) is 5.02 Å². The standard InChI is InChI=1S/C14H13BrClNO2/c1-7-5-8-9(6-7)14(19)17(13(8)18)11-4-2-3-10(16)12(11)15/h2-4,7-9H,5-6H2,1H3. The molecule has 100 valence electrons. The summed E-state index contributed by atoms with van der Waals surface area (Å²) >= 11 is 9.39. The van der Waals surface area contributed by atoms with Crippen LogP contribution in [-0.2, 0) is 9.59 Å². The predicted octanol–water partition coefficient (Wildman–Crippen LogP) is 3.64. The number of benzene rings is 1. The van der Waals surface area contributed by atoms with E-state index in [9.17, 15) is 9.59 Å². The molecule has 0 spiro atoms. The van der Waals surface area contributed by atoms with Gasteiger partial charge in [0, 0.05) is 0 Å². The van der Waals surface area contributed by atoms with E-state index in [1.54, 1.807) is 18.2 Å². The van der Waals surface area contributed by atoms with E-state index in [2.05, 4.69) is 22.9 Å². The number of nitrogens with zero attached hydrogens (tertiary/aromatic N) is 1. The molecule has 1 aromatic carbocycles. The Bertz CT molecular complexity index is 551. The van der Waals surface area contributed by atoms with E-state index in [1.165, 1.54) is 4.90 Å². The summed E-state index contributed by atoms with van der Waals surface area (Å²) in [7, 11) is 0. The zero-order chi connectivity index (χ0) is 13.7. The van der Waals surface area contributed by atoms with E-state index in [0.29, 0.717) is 21.1 Å². The van der Waals surface area contributed by atoms with Crippen molar-refractivity contribution in [3.63, 3.8) is 0 Å². The number of amides is 2. The van der Waals surface area contributed by atoms with Crippen molar-refractivity contribution in [1.82, 2.24) is 0 Å². The van der Waals surface area contributed by atoms with Gasteiger partial charge in [-0.25, -0.2) is 4.90 Å². The number of hydrogen-bond donors (Lipinski definition) is 0. The van der Waals surface area contributed by atoms with E-state index in [4.69, 9.17) is 11.6 Å². The van der Waals surface area contributed by atoms with Crippen LogP contribution >= 0.6 is 27.5 Å². The summed E-state index contributed by atoms with van der Waals surface area (Å²) in [6.45, 7) is 2.10. The molecule has 3 nitrogen and oxygen atoms in total. The van der Waals surface area contributed by atoms with Gasteiger partial charge < -0.3 is 0 Å². The Labute approximate surface area is 125 Å². The summed E-state index contributed by atoms with van der Waals surface area (Å²) in [6.07, 6.45) is 1.62. The van der Waals surface area contributed by atoms with Crippen molar-refractivity contribution in [2.45, 2.75) is 19.8 Å². The number of imide groups is 1. The summed E-state index contributed by atoms with van der Waals surface area (Å²) in [5, 5.41) is 0.503. The Kier molecular flexibility index (Phi) is 3.18. The second-order valence-corrected chi connectivity index (χ2v) is 6.57. The fourth-order valence-corrected chi connectivity index (χ4v) is 3.79. The summed E-state index contributed by atoms with van der Waals surface area (Å²) in [5.41, 5.74) is 0.560. The van der Waals surface area contributed by atoms with Crippen molar-refractivity contribution in [1.29, 1.82) is 0 Å². The lowest BCUT2D eigenvalue weighted by molar-refractivity contribution is -0.123. The zero-order valence-electron chi connectivity index (χ0n) is 10.4. The normalized spacial score (nSPS) is 30.1. The maximum Gasteiger partial charge on any atom is 0.237 e. The Morgan fingerprint density at radius 3 is 2.37 bits per heavy atom. The van der Waals surface area contributed by atoms with Crippen molar-refractivity contribution >= 4 is 45.0 Å². The molecule has 0 N–H and O–H groups in total. The smallest absolute Gasteiger partial charge is 0.237 e. The molecule has 1 aliphatic carbocycles. The highest BCUT2D eigenvalue weighted by Gasteiger charge is 2.52. The highest BCUT2D eigenvalue weighted by molar-refractivity contribution is 9.10. The molecule has 5 heteroatoms. The van der Waals surface area contributed by atoms with E-state index >= 15 is 0 Å². The molecule has 0 radical (unpaired) electrons. The number of hydrogen-bond acceptors (Lipinski definition) is 2. The molecule has 2 fully saturated rings. The van der Waals surface area contributed by atoms with Gasteiger partial charge in [-0.05, 0) is 46.8 Å². The van der Waals surface area contributed by atoms with Crippen LogP contribution < -0.4 is 4.90 Å². The summed E-state index contributed by atoms with van der Waals surface area (Å²) in [6, 6.07) is 5.22. The lowest BCUT2D eigenvalue weighted by Gasteiger charge is -2.18. The number of carbonyl (C=O) groups excluding carboxylic acids is 2. The van der Waals surface area contributed by atoms with E-state index in [0.717, 1.165) is 12.8 Å². The molecular formula is C14H13BrClNO2. The summed E-state index contributed by atoms with van der Waals surface area (Å²) in [4.78, 5) is 26.2. The van der Waals surface area contributed by atoms with Crippen LogP contribution in [0.25, 0.3) is 0 Å². The monoisotopic (exact) mass is 341 g/mol. The van der Waals surface area contributed by atoms with Crippen LogP contribution in [0.15, 0.2) is 22.7 Å². The van der Waals surface area contributed by atoms with Crippen LogP contribution in [0.5, 0.6) is 0 Å². The fraction of sp³-hybridized carbons (Fsp3) is 0.429. The van der Waals surface area contributed by atoms with Crippen molar-refractivity contribution in [3.8, 4) is 0 Å². The van der Waals surface area contributed by atoms with Gasteiger partial charge >= 0.3 is 0 Å². The van der Waals surface area contributed by atoms with Crippen molar-refractivity contribution < 1.29 is 9.59 Å². The topological polar surface area (TPSA) is 37.4 Å². The SMILES string of the molecule is CC1CC2C(=O)N(c3cccc(Cl)c3Br)C(=O)C2C1. The minimum absolute atomic E-state index is 0.0812. The number of halogens is 2. The molecule has 3 rings (SSSR count). The first kappa shape index (κ1) is 13.1. The van der Waals surface area contributed by atoms with Gasteiger partial charge in [-0.2, -0.15) is 0 Å². The van der Waals surface area contributed by atoms with Gasteiger partial charge in [0.2, 0.25) is 11.8 Å². The minimum Gasteiger partial charge on any atom is -0.274 e. The third-order valence-electron chi connectivity index (χ3n) is 4.05. The van der Waals surface area contributed by atoms with Crippen molar-refractivity contribution in [2.24, 2.45) is 17.8 Å². The second-order valence-electron chi connectivity index (χ2n) is 5.37. The molecule has 2 atom stereocenters. The maximum absolute atomic E-state index is 12.4. The average molecular weight is 343 g/mol. The number of anilines is 1. The molecule has 2 unspecified atom stereocenters. The van der Waals surface area contributed by atoms with Crippen molar-refractivity contribution in [3.05, 3.63) is 27.7 Å². The van der Waals surface area contributed by atoms with Gasteiger partial charge in [-0.1, -0.05) is 24.6 Å². The van der Waals surface area contributed by atoms with Gasteiger partial charge in [0.1, 0.15) is 0 Å². The number of carbonyl (C=O) groups is 2. The molecule has 1 saturated carbocycles. The van der Waals surface area contributed by atoms with Crippen LogP contribution in [0.1, 0.15) is 19.8 Å². The van der Waals surface area contributed by atoms with Crippen LogP contribution in [0, 0.1) is 17.8 Å². The molecule has 1 heterocycles. The van der Waals surface area contributed by atoms with Gasteiger partial charge in [0.15, 0.2) is 0 Å². The molecule has 0 aromatic heterocycles. The maximum atomic E-state index is 12.4. The van der Waals surface area contributed by atoms with E-state index in [1.807, 2.05) is 0 Å². The first-order chi connectivity index (χ1) is 9.00. The first-order valence-electron chi connectivity index (χ1n) is 6.32. The Morgan fingerprint density at radius 1 is 1.21 bits per heavy atom. The second kappa shape index (κ2) is 4.60. The summed E-state index contributed by atoms with van der Waals surface area (Å²) < 4.78 is 0.603. The van der Waals surface area contributed by atoms with Crippen LogP contribution in [-0.4, -0.2) is 11.8 Å². The van der Waals surface area contributed by atoms with Crippen LogP contribution in [0.3, 0.4) is 0 Å². The number of fused-ring (bicyclic) bond motifs is 1. The lowest BCUT2D eigenvalue weighted by atomic mass is 10.00. The Morgan fingerprint density at radius 2 is 1.79 bits per heavy atom. The average Bonchev–Trinajstić information content (AvgIpc) is 2.84. The van der Waals surface area contributed by atoms with Crippen LogP contribution in [0.4, 0.5) is 5.69 Å². The van der Waals surface area contributed by atoms with Gasteiger partial charge in [0.25, 0.3) is 0 Å². The number of rotatable bonds is 1. The third-order valence-corrected chi connectivity index (χ3v) is 5.42. The minimum atomic E-state index is -0.145. The van der Waals surface area contributed by atoms with E-state index in [-0.39, 0.29) is 23.7 Å².